The number of carbonyl (C=O) groups excluding carboxylic acids is 2. The molecule has 0 bridgehead atoms. The maximum absolute atomic E-state index is 13.6. The van der Waals surface area contributed by atoms with Crippen LogP contribution in [-0.4, -0.2) is 20.2 Å². The van der Waals surface area contributed by atoms with E-state index in [0.717, 1.165) is 5.56 Å². The molecule has 5 N–H and O–H groups in total. The number of hydrogen-bond donors (Lipinski definition) is 4. The molecule has 2 amide bonds. The summed E-state index contributed by atoms with van der Waals surface area (Å²) in [6.07, 6.45) is 0. The first-order valence-electron chi connectivity index (χ1n) is 13.2. The Hall–Kier alpha value is -3.53. The highest BCUT2D eigenvalue weighted by Gasteiger charge is 2.32. The van der Waals surface area contributed by atoms with Gasteiger partial charge in [0.05, 0.1) is 17.0 Å². The average Bonchev–Trinajstić information content (AvgIpc) is 2.87. The van der Waals surface area contributed by atoms with E-state index in [0.29, 0.717) is 22.5 Å². The highest BCUT2D eigenvalue weighted by atomic mass is 32.2. The monoisotopic (exact) mass is 564 g/mol. The molecule has 0 fully saturated rings. The molecule has 9 heteroatoms. The van der Waals surface area contributed by atoms with Crippen LogP contribution in [0.15, 0.2) is 77.7 Å². The summed E-state index contributed by atoms with van der Waals surface area (Å²) in [7, 11) is -4.04. The van der Waals surface area contributed by atoms with Crippen molar-refractivity contribution in [3.63, 3.8) is 0 Å². The number of nitrogens with one attached hydrogen (secondary N) is 3. The molecule has 0 aliphatic rings. The second-order valence-electron chi connectivity index (χ2n) is 12.0. The van der Waals surface area contributed by atoms with Gasteiger partial charge in [-0.1, -0.05) is 95.6 Å². The first-order valence-corrected chi connectivity index (χ1v) is 14.6. The molecule has 0 spiro atoms. The lowest BCUT2D eigenvalue weighted by Crippen LogP contribution is -2.37. The minimum atomic E-state index is -4.04. The van der Waals surface area contributed by atoms with Crippen LogP contribution in [0.25, 0.3) is 0 Å². The summed E-state index contributed by atoms with van der Waals surface area (Å²) in [5.74, 6) is -0.437. The Bertz CT molecular complexity index is 1470. The van der Waals surface area contributed by atoms with Gasteiger partial charge >= 0.3 is 0 Å². The number of carbonyl (C=O) groups is 2. The van der Waals surface area contributed by atoms with E-state index in [1.54, 1.807) is 102 Å². The number of sulfonamides is 1. The third-order valence-electron chi connectivity index (χ3n) is 6.45. The lowest BCUT2D eigenvalue weighted by Gasteiger charge is -2.30. The Morgan fingerprint density at radius 1 is 0.700 bits per heavy atom. The van der Waals surface area contributed by atoms with Crippen molar-refractivity contribution >= 4 is 33.2 Å². The first kappa shape index (κ1) is 31.0. The van der Waals surface area contributed by atoms with Crippen LogP contribution >= 0.6 is 0 Å². The fraction of sp³-hybridized carbons (Fsp3) is 0.355. The van der Waals surface area contributed by atoms with Crippen molar-refractivity contribution < 1.29 is 18.0 Å². The zero-order valence-corrected chi connectivity index (χ0v) is 25.0. The number of rotatable bonds is 8. The Morgan fingerprint density at radius 3 is 1.60 bits per heavy atom. The fourth-order valence-electron chi connectivity index (χ4n) is 3.87. The normalized spacial score (nSPS) is 13.8. The lowest BCUT2D eigenvalue weighted by molar-refractivity contribution is -0.123. The molecule has 3 aromatic carbocycles. The minimum absolute atomic E-state index is 0.0841. The molecule has 40 heavy (non-hydrogen) atoms. The molecule has 3 aromatic rings. The van der Waals surface area contributed by atoms with Gasteiger partial charge in [-0.2, -0.15) is 0 Å². The largest absolute Gasteiger partial charge is 0.325 e. The van der Waals surface area contributed by atoms with E-state index in [4.69, 9.17) is 5.73 Å². The topological polar surface area (TPSA) is 130 Å². The minimum Gasteiger partial charge on any atom is -0.325 e. The van der Waals surface area contributed by atoms with Crippen molar-refractivity contribution in [3.8, 4) is 0 Å². The van der Waals surface area contributed by atoms with Crippen LogP contribution in [0, 0.1) is 17.8 Å². The summed E-state index contributed by atoms with van der Waals surface area (Å²) < 4.78 is 30.0. The number of para-hydroxylation sites is 2. The van der Waals surface area contributed by atoms with Crippen molar-refractivity contribution in [2.45, 2.75) is 65.4 Å². The molecule has 0 saturated carbocycles. The fourth-order valence-corrected chi connectivity index (χ4v) is 5.10. The van der Waals surface area contributed by atoms with Gasteiger partial charge in [0.2, 0.25) is 21.8 Å². The van der Waals surface area contributed by atoms with Gasteiger partial charge in [-0.3, -0.25) is 9.59 Å². The van der Waals surface area contributed by atoms with Crippen molar-refractivity contribution in [1.82, 2.24) is 4.72 Å². The quantitative estimate of drug-likeness (QED) is 0.279. The summed E-state index contributed by atoms with van der Waals surface area (Å²) >= 11 is 0. The summed E-state index contributed by atoms with van der Waals surface area (Å²) in [6, 6.07) is 18.6. The SMILES string of the molecule is Cc1ccc(S(=O)(=O)N[C@H](c2ccccc2NC(=O)C(C)(C)C)[C@H](N)c2ccccc2NC(=O)C(C)(C)C)cc1. The second kappa shape index (κ2) is 11.9. The van der Waals surface area contributed by atoms with Crippen LogP contribution in [0.1, 0.15) is 70.3 Å². The van der Waals surface area contributed by atoms with Crippen LogP contribution in [-0.2, 0) is 19.6 Å². The number of aryl methyl sites for hydroxylation is 1. The van der Waals surface area contributed by atoms with Gasteiger partial charge in [-0.05, 0) is 42.3 Å². The maximum atomic E-state index is 13.6. The predicted octanol–water partition coefficient (Wildman–Crippen LogP) is 5.68. The molecule has 0 unspecified atom stereocenters. The van der Waals surface area contributed by atoms with Crippen molar-refractivity contribution in [3.05, 3.63) is 89.5 Å². The third kappa shape index (κ3) is 7.56. The van der Waals surface area contributed by atoms with Crippen LogP contribution in [0.3, 0.4) is 0 Å². The molecule has 0 heterocycles. The van der Waals surface area contributed by atoms with Gasteiger partial charge in [0.25, 0.3) is 0 Å². The number of amides is 2. The van der Waals surface area contributed by atoms with E-state index in [1.165, 1.54) is 12.1 Å². The summed E-state index contributed by atoms with van der Waals surface area (Å²) in [4.78, 5) is 25.9. The molecule has 0 aliphatic heterocycles. The average molecular weight is 565 g/mol. The van der Waals surface area contributed by atoms with Gasteiger partial charge in [-0.25, -0.2) is 13.1 Å². The molecule has 8 nitrogen and oxygen atoms in total. The zero-order chi connectivity index (χ0) is 29.9. The van der Waals surface area contributed by atoms with Crippen LogP contribution < -0.4 is 21.1 Å². The predicted molar refractivity (Wildman–Crippen MR) is 160 cm³/mol. The van der Waals surface area contributed by atoms with E-state index in [2.05, 4.69) is 15.4 Å². The van der Waals surface area contributed by atoms with Crippen molar-refractivity contribution in [2.24, 2.45) is 16.6 Å². The Kier molecular flexibility index (Phi) is 9.24. The summed E-state index contributed by atoms with van der Waals surface area (Å²) in [5, 5.41) is 5.88. The maximum Gasteiger partial charge on any atom is 0.241 e. The first-order chi connectivity index (χ1) is 18.5. The molecule has 0 radical (unpaired) electrons. The van der Waals surface area contributed by atoms with Crippen molar-refractivity contribution in [2.75, 3.05) is 10.6 Å². The number of anilines is 2. The molecular formula is C31H40N4O4S. The number of nitrogens with two attached hydrogens (primary N) is 1. The number of hydrogen-bond acceptors (Lipinski definition) is 5. The van der Waals surface area contributed by atoms with E-state index < -0.39 is 32.9 Å². The molecule has 0 saturated heterocycles. The standard InChI is InChI=1S/C31H40N4O4S/c1-20-16-18-21(19-17-20)40(38,39)35-27(23-13-9-11-15-25(23)34-29(37)31(5,6)7)26(32)22-12-8-10-14-24(22)33-28(36)30(2,3)4/h8-19,26-27,35H,32H2,1-7H3,(H,33,36)(H,34,37)/t26-,27-/m1/s1. The molecule has 0 aliphatic carbocycles. The van der Waals surface area contributed by atoms with E-state index in [-0.39, 0.29) is 16.7 Å². The van der Waals surface area contributed by atoms with E-state index in [9.17, 15) is 18.0 Å². The van der Waals surface area contributed by atoms with Gasteiger partial charge in [-0.15, -0.1) is 0 Å². The van der Waals surface area contributed by atoms with E-state index >= 15 is 0 Å². The highest BCUT2D eigenvalue weighted by molar-refractivity contribution is 7.89. The van der Waals surface area contributed by atoms with E-state index in [1.807, 2.05) is 6.92 Å². The van der Waals surface area contributed by atoms with Crippen molar-refractivity contribution in [1.29, 1.82) is 0 Å². The van der Waals surface area contributed by atoms with Crippen LogP contribution in [0.2, 0.25) is 0 Å². The summed E-state index contributed by atoms with van der Waals surface area (Å²) in [6.45, 7) is 12.7. The lowest BCUT2D eigenvalue weighted by atomic mass is 9.91. The van der Waals surface area contributed by atoms with Gasteiger partial charge in [0, 0.05) is 22.2 Å². The Balaban J connectivity index is 2.15. The smallest absolute Gasteiger partial charge is 0.241 e. The third-order valence-corrected chi connectivity index (χ3v) is 7.90. The second-order valence-corrected chi connectivity index (χ2v) is 13.7. The Labute approximate surface area is 237 Å². The van der Waals surface area contributed by atoms with Crippen LogP contribution in [0.4, 0.5) is 11.4 Å². The van der Waals surface area contributed by atoms with Gasteiger partial charge < -0.3 is 16.4 Å². The van der Waals surface area contributed by atoms with Crippen LogP contribution in [0.5, 0.6) is 0 Å². The molecule has 3 rings (SSSR count). The summed E-state index contributed by atoms with van der Waals surface area (Å²) in [5.41, 5.74) is 8.37. The van der Waals surface area contributed by atoms with Gasteiger partial charge in [0.15, 0.2) is 0 Å². The molecular weight excluding hydrogens is 524 g/mol. The molecule has 0 aromatic heterocycles. The number of benzene rings is 3. The highest BCUT2D eigenvalue weighted by Crippen LogP contribution is 2.37. The zero-order valence-electron chi connectivity index (χ0n) is 24.2. The molecule has 2 atom stereocenters. The van der Waals surface area contributed by atoms with Gasteiger partial charge in [0.1, 0.15) is 0 Å². The Morgan fingerprint density at radius 2 is 1.12 bits per heavy atom. The molecule has 214 valence electrons.